The van der Waals surface area contributed by atoms with Crippen molar-refractivity contribution in [1.82, 2.24) is 24.9 Å². The molecule has 0 amide bonds. The highest BCUT2D eigenvalue weighted by molar-refractivity contribution is 5.47. The summed E-state index contributed by atoms with van der Waals surface area (Å²) >= 11 is 0. The first-order chi connectivity index (χ1) is 23.7. The van der Waals surface area contributed by atoms with Crippen molar-refractivity contribution in [2.24, 2.45) is 10.8 Å². The van der Waals surface area contributed by atoms with Gasteiger partial charge in [-0.15, -0.1) is 0 Å². The Morgan fingerprint density at radius 2 is 0.833 bits per heavy atom. The van der Waals surface area contributed by atoms with Gasteiger partial charge < -0.3 is 15.1 Å². The molecule has 0 aromatic heterocycles. The molecule has 6 aliphatic rings. The highest BCUT2D eigenvalue weighted by Crippen LogP contribution is 2.43. The normalized spacial score (nSPS) is 24.2. The van der Waals surface area contributed by atoms with Gasteiger partial charge in [0.2, 0.25) is 0 Å². The van der Waals surface area contributed by atoms with Gasteiger partial charge in [-0.25, -0.2) is 0 Å². The van der Waals surface area contributed by atoms with Crippen LogP contribution in [0, 0.1) is 10.8 Å². The fourth-order valence-corrected chi connectivity index (χ4v) is 9.03. The van der Waals surface area contributed by atoms with Crippen LogP contribution in [0.15, 0.2) is 60.7 Å². The van der Waals surface area contributed by atoms with Gasteiger partial charge in [0, 0.05) is 89.9 Å². The Hall–Kier alpha value is -2.16. The Morgan fingerprint density at radius 3 is 1.23 bits per heavy atom. The number of para-hydroxylation sites is 2. The van der Waals surface area contributed by atoms with E-state index in [1.54, 1.807) is 0 Å². The lowest BCUT2D eigenvalue weighted by atomic mass is 9.69. The number of hydrogen-bond acceptors (Lipinski definition) is 7. The van der Waals surface area contributed by atoms with Crippen LogP contribution in [0.2, 0.25) is 0 Å². The van der Waals surface area contributed by atoms with Crippen molar-refractivity contribution in [3.05, 3.63) is 60.7 Å². The number of benzene rings is 2. The fraction of sp³-hybridized carbons (Fsp3) is 0.707. The molecule has 7 nitrogen and oxygen atoms in total. The van der Waals surface area contributed by atoms with Crippen molar-refractivity contribution in [3.8, 4) is 0 Å². The van der Waals surface area contributed by atoms with Crippen molar-refractivity contribution in [2.45, 2.75) is 72.6 Å². The summed E-state index contributed by atoms with van der Waals surface area (Å²) in [5, 5.41) is 3.49. The van der Waals surface area contributed by atoms with Crippen molar-refractivity contribution >= 4 is 11.4 Å². The summed E-state index contributed by atoms with van der Waals surface area (Å²) < 4.78 is 0. The van der Waals surface area contributed by atoms with Crippen molar-refractivity contribution in [2.75, 3.05) is 115 Å². The number of piperazine rings is 2. The molecule has 8 rings (SSSR count). The van der Waals surface area contributed by atoms with Gasteiger partial charge in [-0.3, -0.25) is 19.6 Å². The maximum absolute atomic E-state index is 3.49. The van der Waals surface area contributed by atoms with E-state index < -0.39 is 0 Å². The van der Waals surface area contributed by atoms with Crippen LogP contribution in [-0.2, 0) is 0 Å². The molecule has 48 heavy (non-hydrogen) atoms. The number of likely N-dealkylation sites (tertiary alicyclic amines) is 2. The molecule has 0 unspecified atom stereocenters. The third-order valence-corrected chi connectivity index (χ3v) is 11.6. The molecule has 1 saturated carbocycles. The molecule has 6 fully saturated rings. The van der Waals surface area contributed by atoms with E-state index in [-0.39, 0.29) is 0 Å². The smallest absolute Gasteiger partial charge is 0.0508 e. The van der Waals surface area contributed by atoms with Gasteiger partial charge in [-0.1, -0.05) is 83.4 Å². The minimum atomic E-state index is 0.664. The van der Waals surface area contributed by atoms with Crippen molar-refractivity contribution in [3.63, 3.8) is 0 Å². The van der Waals surface area contributed by atoms with Gasteiger partial charge in [0.15, 0.2) is 0 Å². The fourth-order valence-electron chi connectivity index (χ4n) is 9.03. The third-order valence-electron chi connectivity index (χ3n) is 11.6. The molecule has 1 aliphatic carbocycles. The number of hydrogen-bond donors (Lipinski definition) is 1. The van der Waals surface area contributed by atoms with Crippen molar-refractivity contribution in [1.29, 1.82) is 0 Å². The molecule has 7 heteroatoms. The van der Waals surface area contributed by atoms with Crippen LogP contribution in [0.1, 0.15) is 72.6 Å². The average molecular weight is 660 g/mol. The molecule has 5 saturated heterocycles. The van der Waals surface area contributed by atoms with Crippen LogP contribution >= 0.6 is 0 Å². The van der Waals surface area contributed by atoms with E-state index >= 15 is 0 Å². The van der Waals surface area contributed by atoms with Gasteiger partial charge in [-0.05, 0) is 73.9 Å². The first-order valence-electron chi connectivity index (χ1n) is 19.9. The molecule has 5 aliphatic heterocycles. The van der Waals surface area contributed by atoms with Gasteiger partial charge in [0.1, 0.15) is 0 Å². The zero-order valence-electron chi connectivity index (χ0n) is 31.2. The van der Waals surface area contributed by atoms with Crippen LogP contribution in [0.25, 0.3) is 0 Å². The van der Waals surface area contributed by atoms with Crippen LogP contribution < -0.4 is 15.1 Å². The second kappa shape index (κ2) is 18.7. The number of rotatable bonds is 6. The zero-order valence-corrected chi connectivity index (χ0v) is 31.2. The second-order valence-electron chi connectivity index (χ2n) is 14.9. The molecule has 1 N–H and O–H groups in total. The van der Waals surface area contributed by atoms with E-state index in [0.29, 0.717) is 5.41 Å². The molecule has 0 bridgehead atoms. The zero-order chi connectivity index (χ0) is 33.7. The summed E-state index contributed by atoms with van der Waals surface area (Å²) in [4.78, 5) is 15.7. The molecule has 2 spiro atoms. The van der Waals surface area contributed by atoms with Crippen molar-refractivity contribution < 1.29 is 0 Å². The van der Waals surface area contributed by atoms with Gasteiger partial charge in [0.05, 0.1) is 13.3 Å². The number of nitrogens with one attached hydrogen (secondary N) is 1. The molecule has 2 aromatic carbocycles. The standard InChI is InChI=1S/C19H29N3.C18H28N4.2C2H6/c1-3-7-18(8-4-1)22-13-11-20(12-14-22)17-21-15-19(16-21)9-5-2-6-10-19;1-2-4-17(5-3-1)22-12-10-20(11-13-22)16-21-14-18(15-21)6-8-19-9-7-18;2*1-2/h1,3-4,7-8H,2,5-6,9-17H2;1-5,19H,6-16H2;2*1-2H3. The van der Waals surface area contributed by atoms with Crippen LogP contribution in [0.4, 0.5) is 11.4 Å². The van der Waals surface area contributed by atoms with Gasteiger partial charge in [-0.2, -0.15) is 0 Å². The van der Waals surface area contributed by atoms with Gasteiger partial charge in [0.25, 0.3) is 0 Å². The Bertz CT molecular complexity index is 1020. The Morgan fingerprint density at radius 1 is 0.458 bits per heavy atom. The highest BCUT2D eigenvalue weighted by Gasteiger charge is 2.44. The number of nitrogens with zero attached hydrogens (tertiary/aromatic N) is 6. The van der Waals surface area contributed by atoms with E-state index in [4.69, 9.17) is 0 Å². The SMILES string of the molecule is CC.CC.c1ccc(N2CCN(CN3CC4(CCCCC4)C3)CC2)cc1.c1ccc(N2CCN(CN3CC4(CCNCC4)C3)CC2)cc1. The van der Waals surface area contributed by atoms with E-state index in [0.717, 1.165) is 18.5 Å². The summed E-state index contributed by atoms with van der Waals surface area (Å²) in [5.41, 5.74) is 4.15. The minimum Gasteiger partial charge on any atom is -0.369 e. The highest BCUT2D eigenvalue weighted by atomic mass is 15.4. The lowest BCUT2D eigenvalue weighted by Gasteiger charge is -2.54. The summed E-state index contributed by atoms with van der Waals surface area (Å²) in [5.74, 6) is 0. The Labute approximate surface area is 294 Å². The Balaban J connectivity index is 0.000000170. The third kappa shape index (κ3) is 9.97. The molecular weight excluding hydrogens is 591 g/mol. The Kier molecular flexibility index (Phi) is 14.5. The van der Waals surface area contributed by atoms with E-state index in [1.807, 2.05) is 27.7 Å². The first-order valence-corrected chi connectivity index (χ1v) is 19.9. The largest absolute Gasteiger partial charge is 0.369 e. The number of piperidine rings is 1. The molecule has 2 aromatic rings. The maximum atomic E-state index is 3.49. The average Bonchev–Trinajstić information content (AvgIpc) is 3.14. The lowest BCUT2D eigenvalue weighted by Crippen LogP contribution is -2.63. The predicted molar refractivity (Wildman–Crippen MR) is 206 cm³/mol. The lowest BCUT2D eigenvalue weighted by molar-refractivity contribution is -0.0581. The number of anilines is 2. The van der Waals surface area contributed by atoms with Crippen LogP contribution in [-0.4, -0.2) is 125 Å². The summed E-state index contributed by atoms with van der Waals surface area (Å²) in [7, 11) is 0. The van der Waals surface area contributed by atoms with E-state index in [9.17, 15) is 0 Å². The molecular formula is C41H69N7. The summed E-state index contributed by atoms with van der Waals surface area (Å²) in [6, 6.07) is 21.7. The molecule has 268 valence electrons. The van der Waals surface area contributed by atoms with Crippen LogP contribution in [0.5, 0.6) is 0 Å². The maximum Gasteiger partial charge on any atom is 0.0508 e. The monoisotopic (exact) mass is 660 g/mol. The van der Waals surface area contributed by atoms with E-state index in [2.05, 4.69) is 95.4 Å². The molecule has 0 radical (unpaired) electrons. The second-order valence-corrected chi connectivity index (χ2v) is 14.9. The summed E-state index contributed by atoms with van der Waals surface area (Å²) in [6.07, 6.45) is 10.2. The predicted octanol–water partition coefficient (Wildman–Crippen LogP) is 6.54. The summed E-state index contributed by atoms with van der Waals surface area (Å²) in [6.45, 7) is 27.7. The molecule has 0 atom stereocenters. The van der Waals surface area contributed by atoms with Gasteiger partial charge >= 0.3 is 0 Å². The quantitative estimate of drug-likeness (QED) is 0.377. The molecule has 5 heterocycles. The minimum absolute atomic E-state index is 0.664. The first kappa shape index (κ1) is 37.1. The van der Waals surface area contributed by atoms with Crippen LogP contribution in [0.3, 0.4) is 0 Å². The van der Waals surface area contributed by atoms with E-state index in [1.165, 1.54) is 148 Å². The topological polar surface area (TPSA) is 31.5 Å².